The third kappa shape index (κ3) is 9.68. The molecule has 3 N–H and O–H groups in total. The molecule has 35 heavy (non-hydrogen) atoms. The van der Waals surface area contributed by atoms with Gasteiger partial charge in [-0.15, -0.1) is 0 Å². The Balaban J connectivity index is 1.89. The zero-order chi connectivity index (χ0) is 25.6. The number of hydrogen-bond acceptors (Lipinski definition) is 5. The number of hydrogen-bond donors (Lipinski definition) is 3. The quantitative estimate of drug-likeness (QED) is 0.404. The van der Waals surface area contributed by atoms with Gasteiger partial charge in [0.15, 0.2) is 0 Å². The molecule has 0 aromatic heterocycles. The van der Waals surface area contributed by atoms with Crippen LogP contribution >= 0.6 is 0 Å². The highest BCUT2D eigenvalue weighted by Crippen LogP contribution is 2.17. The zero-order valence-electron chi connectivity index (χ0n) is 21.0. The molecule has 0 unspecified atom stereocenters. The molecule has 0 aliphatic rings. The van der Waals surface area contributed by atoms with E-state index in [2.05, 4.69) is 16.0 Å². The van der Waals surface area contributed by atoms with Crippen molar-refractivity contribution in [1.29, 1.82) is 0 Å². The Labute approximate surface area is 207 Å². The third-order valence-electron chi connectivity index (χ3n) is 5.46. The van der Waals surface area contributed by atoms with Crippen molar-refractivity contribution in [2.75, 3.05) is 13.7 Å². The fourth-order valence-electron chi connectivity index (χ4n) is 3.59. The van der Waals surface area contributed by atoms with Crippen LogP contribution in [0.1, 0.15) is 44.7 Å². The summed E-state index contributed by atoms with van der Waals surface area (Å²) < 4.78 is 10.6. The van der Waals surface area contributed by atoms with E-state index in [4.69, 9.17) is 9.47 Å². The van der Waals surface area contributed by atoms with E-state index in [-0.39, 0.29) is 18.4 Å². The van der Waals surface area contributed by atoms with E-state index < -0.39 is 24.1 Å². The first kappa shape index (κ1) is 27.7. The van der Waals surface area contributed by atoms with Gasteiger partial charge in [0.2, 0.25) is 11.8 Å². The van der Waals surface area contributed by atoms with Crippen LogP contribution in [0.5, 0.6) is 5.75 Å². The van der Waals surface area contributed by atoms with Crippen LogP contribution < -0.4 is 20.7 Å². The molecule has 190 valence electrons. The fourth-order valence-corrected chi connectivity index (χ4v) is 3.59. The Hall–Kier alpha value is -3.55. The van der Waals surface area contributed by atoms with E-state index in [0.29, 0.717) is 25.8 Å². The van der Waals surface area contributed by atoms with Crippen LogP contribution in [0.3, 0.4) is 0 Å². The van der Waals surface area contributed by atoms with Crippen LogP contribution in [-0.4, -0.2) is 43.6 Å². The van der Waals surface area contributed by atoms with E-state index in [0.717, 1.165) is 16.9 Å². The number of carbonyl (C=O) groups is 3. The van der Waals surface area contributed by atoms with Crippen molar-refractivity contribution in [3.63, 3.8) is 0 Å². The summed E-state index contributed by atoms with van der Waals surface area (Å²) in [6.45, 7) is 6.25. The molecule has 0 saturated carbocycles. The zero-order valence-corrected chi connectivity index (χ0v) is 21.0. The number of carbonyl (C=O) groups excluding carboxylic acids is 3. The summed E-state index contributed by atoms with van der Waals surface area (Å²) >= 11 is 0. The van der Waals surface area contributed by atoms with E-state index >= 15 is 0 Å². The van der Waals surface area contributed by atoms with Gasteiger partial charge in [0.05, 0.1) is 7.11 Å². The Morgan fingerprint density at radius 1 is 0.886 bits per heavy atom. The summed E-state index contributed by atoms with van der Waals surface area (Å²) in [7, 11) is 1.61. The SMILES string of the molecule is CC[C@H](NC(=O)[C@H](CC(C)C)NC(=O)OCc1ccccc1)C(=O)NCCc1ccccc1OC. The highest BCUT2D eigenvalue weighted by atomic mass is 16.5. The maximum Gasteiger partial charge on any atom is 0.408 e. The van der Waals surface area contributed by atoms with Gasteiger partial charge in [-0.05, 0) is 42.4 Å². The number of benzene rings is 2. The lowest BCUT2D eigenvalue weighted by Crippen LogP contribution is -2.54. The van der Waals surface area contributed by atoms with E-state index in [1.165, 1.54) is 0 Å². The predicted octanol–water partition coefficient (Wildman–Crippen LogP) is 3.59. The lowest BCUT2D eigenvalue weighted by atomic mass is 10.0. The topological polar surface area (TPSA) is 106 Å². The van der Waals surface area contributed by atoms with Gasteiger partial charge >= 0.3 is 6.09 Å². The minimum absolute atomic E-state index is 0.106. The summed E-state index contributed by atoms with van der Waals surface area (Å²) in [5.41, 5.74) is 1.84. The number of ether oxygens (including phenoxy) is 2. The van der Waals surface area contributed by atoms with E-state index in [9.17, 15) is 14.4 Å². The number of para-hydroxylation sites is 1. The van der Waals surface area contributed by atoms with Gasteiger partial charge in [0.25, 0.3) is 0 Å². The summed E-state index contributed by atoms with van der Waals surface area (Å²) in [6, 6.07) is 15.4. The molecule has 8 heteroatoms. The lowest BCUT2D eigenvalue weighted by Gasteiger charge is -2.23. The molecule has 3 amide bonds. The van der Waals surface area contributed by atoms with Crippen LogP contribution in [0, 0.1) is 5.92 Å². The summed E-state index contributed by atoms with van der Waals surface area (Å²) in [6.07, 6.45) is 0.756. The number of alkyl carbamates (subject to hydrolysis) is 1. The second kappa shape index (κ2) is 14.7. The van der Waals surface area contributed by atoms with Crippen molar-refractivity contribution < 1.29 is 23.9 Å². The molecule has 0 fully saturated rings. The van der Waals surface area contributed by atoms with Gasteiger partial charge in [-0.2, -0.15) is 0 Å². The molecule has 0 aliphatic heterocycles. The number of nitrogens with one attached hydrogen (secondary N) is 3. The number of amides is 3. The van der Waals surface area contributed by atoms with Gasteiger partial charge in [-0.1, -0.05) is 69.3 Å². The van der Waals surface area contributed by atoms with Gasteiger partial charge < -0.3 is 25.4 Å². The largest absolute Gasteiger partial charge is 0.496 e. The Morgan fingerprint density at radius 3 is 2.23 bits per heavy atom. The van der Waals surface area contributed by atoms with Crippen molar-refractivity contribution >= 4 is 17.9 Å². The van der Waals surface area contributed by atoms with Crippen molar-refractivity contribution in [3.8, 4) is 5.75 Å². The molecule has 2 atom stereocenters. The van der Waals surface area contributed by atoms with Crippen LogP contribution in [-0.2, 0) is 27.4 Å². The van der Waals surface area contributed by atoms with Crippen LogP contribution in [0.2, 0.25) is 0 Å². The fraction of sp³-hybridized carbons (Fsp3) is 0.444. The molecule has 2 rings (SSSR count). The van der Waals surface area contributed by atoms with E-state index in [1.807, 2.05) is 75.4 Å². The minimum Gasteiger partial charge on any atom is -0.496 e. The van der Waals surface area contributed by atoms with Crippen molar-refractivity contribution in [2.45, 2.75) is 58.7 Å². The first-order chi connectivity index (χ1) is 16.8. The average molecular weight is 484 g/mol. The molecule has 8 nitrogen and oxygen atoms in total. The maximum absolute atomic E-state index is 13.0. The normalized spacial score (nSPS) is 12.4. The summed E-state index contributed by atoms with van der Waals surface area (Å²) in [5, 5.41) is 8.30. The molecule has 0 saturated heterocycles. The molecule has 0 bridgehead atoms. The van der Waals surface area contributed by atoms with Gasteiger partial charge in [0, 0.05) is 6.54 Å². The monoisotopic (exact) mass is 483 g/mol. The Bertz CT molecular complexity index is 949. The molecule has 2 aromatic rings. The summed E-state index contributed by atoms with van der Waals surface area (Å²) in [4.78, 5) is 38.0. The number of rotatable bonds is 13. The molecule has 0 aliphatic carbocycles. The average Bonchev–Trinajstić information content (AvgIpc) is 2.86. The van der Waals surface area contributed by atoms with Crippen molar-refractivity contribution in [2.24, 2.45) is 5.92 Å². The van der Waals surface area contributed by atoms with Crippen molar-refractivity contribution in [1.82, 2.24) is 16.0 Å². The highest BCUT2D eigenvalue weighted by molar-refractivity contribution is 5.91. The highest BCUT2D eigenvalue weighted by Gasteiger charge is 2.27. The smallest absolute Gasteiger partial charge is 0.408 e. The minimum atomic E-state index is -0.811. The van der Waals surface area contributed by atoms with Crippen LogP contribution in [0.25, 0.3) is 0 Å². The third-order valence-corrected chi connectivity index (χ3v) is 5.46. The standard InChI is InChI=1S/C27H37N3O5/c1-5-22(25(31)28-16-15-21-13-9-10-14-24(21)34-4)29-26(32)23(17-19(2)3)30-27(33)35-18-20-11-7-6-8-12-20/h6-14,19,22-23H,5,15-18H2,1-4H3,(H,28,31)(H,29,32)(H,30,33)/t22-,23-/m0/s1. The molecule has 0 spiro atoms. The molecular formula is C27H37N3O5. The second-order valence-corrected chi connectivity index (χ2v) is 8.71. The van der Waals surface area contributed by atoms with Crippen LogP contribution in [0.4, 0.5) is 4.79 Å². The van der Waals surface area contributed by atoms with Crippen molar-refractivity contribution in [3.05, 3.63) is 65.7 Å². The Morgan fingerprint density at radius 2 is 1.57 bits per heavy atom. The molecule has 2 aromatic carbocycles. The van der Waals surface area contributed by atoms with Gasteiger partial charge in [-0.25, -0.2) is 4.79 Å². The predicted molar refractivity (Wildman–Crippen MR) is 135 cm³/mol. The second-order valence-electron chi connectivity index (χ2n) is 8.71. The van der Waals surface area contributed by atoms with Crippen LogP contribution in [0.15, 0.2) is 54.6 Å². The first-order valence-corrected chi connectivity index (χ1v) is 12.0. The lowest BCUT2D eigenvalue weighted by molar-refractivity contribution is -0.130. The first-order valence-electron chi connectivity index (χ1n) is 12.0. The Kier molecular flexibility index (Phi) is 11.6. The maximum atomic E-state index is 13.0. The summed E-state index contributed by atoms with van der Waals surface area (Å²) in [5.74, 6) is 0.228. The molecular weight excluding hydrogens is 446 g/mol. The van der Waals surface area contributed by atoms with Gasteiger partial charge in [0.1, 0.15) is 24.4 Å². The number of methoxy groups -OCH3 is 1. The molecule has 0 heterocycles. The van der Waals surface area contributed by atoms with E-state index in [1.54, 1.807) is 7.11 Å². The molecule has 0 radical (unpaired) electrons. The van der Waals surface area contributed by atoms with Gasteiger partial charge in [-0.3, -0.25) is 9.59 Å².